The Balaban J connectivity index is 1.96. The molecule has 1 aromatic heterocycles. The van der Waals surface area contributed by atoms with Crippen LogP contribution in [0.1, 0.15) is 35.7 Å². The third-order valence-electron chi connectivity index (χ3n) is 4.62. The van der Waals surface area contributed by atoms with E-state index >= 15 is 0 Å². The van der Waals surface area contributed by atoms with E-state index in [4.69, 9.17) is 34.8 Å². The minimum Gasteiger partial charge on any atom is -0.478 e. The second kappa shape index (κ2) is 9.40. The number of carboxylic acid groups (broad SMARTS) is 1. The van der Waals surface area contributed by atoms with Crippen molar-refractivity contribution in [1.82, 2.24) is 0 Å². The summed E-state index contributed by atoms with van der Waals surface area (Å²) in [4.78, 5) is 25.6. The molecule has 0 aliphatic carbocycles. The molecule has 1 unspecified atom stereocenters. The fourth-order valence-corrected chi connectivity index (χ4v) is 4.65. The third kappa shape index (κ3) is 4.81. The molecule has 1 atom stereocenters. The minimum atomic E-state index is -1.14. The lowest BCUT2D eigenvalue weighted by Gasteiger charge is -2.21. The zero-order valence-electron chi connectivity index (χ0n) is 16.1. The molecule has 3 rings (SSSR count). The topological polar surface area (TPSA) is 66.4 Å². The molecule has 30 heavy (non-hydrogen) atoms. The van der Waals surface area contributed by atoms with Gasteiger partial charge in [0, 0.05) is 10.4 Å². The number of amides is 1. The molecule has 2 aromatic carbocycles. The SMILES string of the molecule is CC(C)C(C(=O)Nc1csc(-c2ccc(Cl)c(Cl)c2)c1C(=O)O)c1ccc(Cl)cc1. The van der Waals surface area contributed by atoms with Gasteiger partial charge in [0.1, 0.15) is 5.56 Å². The molecule has 8 heteroatoms. The highest BCUT2D eigenvalue weighted by molar-refractivity contribution is 7.14. The van der Waals surface area contributed by atoms with Crippen molar-refractivity contribution < 1.29 is 14.7 Å². The summed E-state index contributed by atoms with van der Waals surface area (Å²) in [5.41, 5.74) is 1.69. The zero-order chi connectivity index (χ0) is 22.0. The molecule has 0 aliphatic rings. The molecule has 0 saturated carbocycles. The van der Waals surface area contributed by atoms with E-state index in [1.54, 1.807) is 47.8 Å². The van der Waals surface area contributed by atoms with Crippen molar-refractivity contribution in [2.45, 2.75) is 19.8 Å². The van der Waals surface area contributed by atoms with Crippen LogP contribution in [-0.2, 0) is 4.79 Å². The average Bonchev–Trinajstić information content (AvgIpc) is 3.09. The van der Waals surface area contributed by atoms with Crippen LogP contribution in [0, 0.1) is 5.92 Å². The quantitative estimate of drug-likeness (QED) is 0.383. The van der Waals surface area contributed by atoms with Gasteiger partial charge in [-0.1, -0.05) is 66.8 Å². The molecular formula is C22H18Cl3NO3S. The highest BCUT2D eigenvalue weighted by atomic mass is 35.5. The summed E-state index contributed by atoms with van der Waals surface area (Å²) in [5, 5.41) is 15.5. The Morgan fingerprint density at radius 3 is 2.23 bits per heavy atom. The first-order valence-corrected chi connectivity index (χ1v) is 11.1. The lowest BCUT2D eigenvalue weighted by atomic mass is 9.87. The van der Waals surface area contributed by atoms with Crippen molar-refractivity contribution in [3.8, 4) is 10.4 Å². The molecule has 3 aromatic rings. The first kappa shape index (κ1) is 22.6. The summed E-state index contributed by atoms with van der Waals surface area (Å²) < 4.78 is 0. The van der Waals surface area contributed by atoms with Crippen LogP contribution < -0.4 is 5.32 Å². The number of carbonyl (C=O) groups excluding carboxylic acids is 1. The molecule has 4 nitrogen and oxygen atoms in total. The van der Waals surface area contributed by atoms with Gasteiger partial charge in [-0.05, 0) is 41.3 Å². The molecule has 156 valence electrons. The van der Waals surface area contributed by atoms with Crippen LogP contribution in [-0.4, -0.2) is 17.0 Å². The molecule has 1 amide bonds. The molecule has 2 N–H and O–H groups in total. The number of carbonyl (C=O) groups is 2. The molecule has 0 saturated heterocycles. The van der Waals surface area contributed by atoms with Crippen LogP contribution in [0.4, 0.5) is 5.69 Å². The maximum absolute atomic E-state index is 13.1. The fraction of sp³-hybridized carbons (Fsp3) is 0.182. The largest absolute Gasteiger partial charge is 0.478 e. The summed E-state index contributed by atoms with van der Waals surface area (Å²) in [6, 6.07) is 12.0. The highest BCUT2D eigenvalue weighted by Crippen LogP contribution is 2.39. The Morgan fingerprint density at radius 2 is 1.67 bits per heavy atom. The number of halogens is 3. The minimum absolute atomic E-state index is 0.00682. The number of aromatic carboxylic acids is 1. The summed E-state index contributed by atoms with van der Waals surface area (Å²) in [5.74, 6) is -1.89. The van der Waals surface area contributed by atoms with Gasteiger partial charge in [0.05, 0.1) is 26.5 Å². The van der Waals surface area contributed by atoms with E-state index in [0.717, 1.165) is 5.56 Å². The van der Waals surface area contributed by atoms with Crippen molar-refractivity contribution in [2.75, 3.05) is 5.32 Å². The third-order valence-corrected chi connectivity index (χ3v) is 6.64. The summed E-state index contributed by atoms with van der Waals surface area (Å²) in [6.45, 7) is 3.87. The van der Waals surface area contributed by atoms with Crippen molar-refractivity contribution in [3.05, 3.63) is 74.0 Å². The second-order valence-electron chi connectivity index (χ2n) is 7.05. The van der Waals surface area contributed by atoms with E-state index in [-0.39, 0.29) is 23.1 Å². The number of hydrogen-bond acceptors (Lipinski definition) is 3. The van der Waals surface area contributed by atoms with Crippen molar-refractivity contribution in [2.24, 2.45) is 5.92 Å². The Labute approximate surface area is 193 Å². The molecule has 0 spiro atoms. The summed E-state index contributed by atoms with van der Waals surface area (Å²) in [7, 11) is 0. The van der Waals surface area contributed by atoms with E-state index in [0.29, 0.717) is 25.5 Å². The number of nitrogens with one attached hydrogen (secondary N) is 1. The van der Waals surface area contributed by atoms with Gasteiger partial charge in [-0.15, -0.1) is 11.3 Å². The van der Waals surface area contributed by atoms with Gasteiger partial charge in [-0.25, -0.2) is 4.79 Å². The molecule has 0 bridgehead atoms. The van der Waals surface area contributed by atoms with Gasteiger partial charge in [0.2, 0.25) is 5.91 Å². The summed E-state index contributed by atoms with van der Waals surface area (Å²) in [6.07, 6.45) is 0. The average molecular weight is 483 g/mol. The monoisotopic (exact) mass is 481 g/mol. The maximum atomic E-state index is 13.1. The number of thiophene rings is 1. The lowest BCUT2D eigenvalue weighted by molar-refractivity contribution is -0.118. The van der Waals surface area contributed by atoms with E-state index in [9.17, 15) is 14.7 Å². The lowest BCUT2D eigenvalue weighted by Crippen LogP contribution is -2.25. The Hall–Kier alpha value is -2.05. The Kier molecular flexibility index (Phi) is 7.09. The molecule has 0 radical (unpaired) electrons. The van der Waals surface area contributed by atoms with E-state index in [1.165, 1.54) is 11.3 Å². The summed E-state index contributed by atoms with van der Waals surface area (Å²) >= 11 is 19.2. The number of anilines is 1. The van der Waals surface area contributed by atoms with Gasteiger partial charge in [-0.3, -0.25) is 4.79 Å². The van der Waals surface area contributed by atoms with Crippen LogP contribution in [0.2, 0.25) is 15.1 Å². The number of rotatable bonds is 6. The van der Waals surface area contributed by atoms with Crippen LogP contribution in [0.15, 0.2) is 47.8 Å². The van der Waals surface area contributed by atoms with Gasteiger partial charge in [0.15, 0.2) is 0 Å². The van der Waals surface area contributed by atoms with Gasteiger partial charge in [0.25, 0.3) is 0 Å². The molecule has 0 aliphatic heterocycles. The van der Waals surface area contributed by atoms with Crippen molar-refractivity contribution in [1.29, 1.82) is 0 Å². The van der Waals surface area contributed by atoms with E-state index < -0.39 is 11.9 Å². The number of benzene rings is 2. The van der Waals surface area contributed by atoms with Crippen LogP contribution in [0.5, 0.6) is 0 Å². The first-order valence-electron chi connectivity index (χ1n) is 9.05. The zero-order valence-corrected chi connectivity index (χ0v) is 19.2. The molecular weight excluding hydrogens is 465 g/mol. The number of hydrogen-bond donors (Lipinski definition) is 2. The first-order chi connectivity index (χ1) is 14.2. The smallest absolute Gasteiger partial charge is 0.339 e. The van der Waals surface area contributed by atoms with Crippen molar-refractivity contribution in [3.63, 3.8) is 0 Å². The number of carboxylic acids is 1. The van der Waals surface area contributed by atoms with Gasteiger partial charge in [-0.2, -0.15) is 0 Å². The molecule has 0 fully saturated rings. The van der Waals surface area contributed by atoms with Crippen LogP contribution >= 0.6 is 46.1 Å². The van der Waals surface area contributed by atoms with Crippen LogP contribution in [0.3, 0.4) is 0 Å². The van der Waals surface area contributed by atoms with Crippen LogP contribution in [0.25, 0.3) is 10.4 Å². The normalized spacial score (nSPS) is 12.1. The predicted octanol–water partition coefficient (Wildman–Crippen LogP) is 7.45. The maximum Gasteiger partial charge on any atom is 0.339 e. The Bertz CT molecular complexity index is 1090. The highest BCUT2D eigenvalue weighted by Gasteiger charge is 2.27. The van der Waals surface area contributed by atoms with Crippen molar-refractivity contribution >= 4 is 63.7 Å². The molecule has 1 heterocycles. The Morgan fingerprint density at radius 1 is 1.00 bits per heavy atom. The van der Waals surface area contributed by atoms with E-state index in [1.807, 2.05) is 13.8 Å². The fourth-order valence-electron chi connectivity index (χ4n) is 3.23. The second-order valence-corrected chi connectivity index (χ2v) is 9.18. The van der Waals surface area contributed by atoms with E-state index in [2.05, 4.69) is 5.32 Å². The van der Waals surface area contributed by atoms with Gasteiger partial charge < -0.3 is 10.4 Å². The van der Waals surface area contributed by atoms with Gasteiger partial charge >= 0.3 is 5.97 Å². The predicted molar refractivity (Wildman–Crippen MR) is 124 cm³/mol. The standard InChI is InChI=1S/C22H18Cl3NO3S/c1-11(2)18(12-3-6-14(23)7-4-12)21(27)26-17-10-30-20(19(17)22(28)29)13-5-8-15(24)16(25)9-13/h3-11,18H,1-2H3,(H,26,27)(H,28,29).